The summed E-state index contributed by atoms with van der Waals surface area (Å²) in [7, 11) is 0. The molecular weight excluding hydrogens is 550 g/mol. The number of amides is 1. The molecule has 0 atom stereocenters. The van der Waals surface area contributed by atoms with E-state index in [0.29, 0.717) is 25.2 Å². The molecule has 0 radical (unpaired) electrons. The number of ether oxygens (including phenoxy) is 2. The van der Waals surface area contributed by atoms with Crippen LogP contribution in [0.3, 0.4) is 0 Å². The van der Waals surface area contributed by atoms with Crippen LogP contribution in [0.1, 0.15) is 16.7 Å². The van der Waals surface area contributed by atoms with Gasteiger partial charge in [-0.15, -0.1) is 0 Å². The highest BCUT2D eigenvalue weighted by molar-refractivity contribution is 9.11. The molecule has 3 aromatic carbocycles. The van der Waals surface area contributed by atoms with Gasteiger partial charge in [0.25, 0.3) is 5.91 Å². The minimum absolute atomic E-state index is 0.107. The number of carbonyl (C=O) groups is 2. The van der Waals surface area contributed by atoms with Gasteiger partial charge in [0.05, 0.1) is 8.95 Å². The van der Waals surface area contributed by atoms with Crippen molar-refractivity contribution >= 4 is 72.9 Å². The van der Waals surface area contributed by atoms with Crippen molar-refractivity contribution in [3.63, 3.8) is 0 Å². The van der Waals surface area contributed by atoms with Crippen LogP contribution in [0.2, 0.25) is 5.02 Å². The van der Waals surface area contributed by atoms with Gasteiger partial charge >= 0.3 is 6.16 Å². The highest BCUT2D eigenvalue weighted by Gasteiger charge is 2.24. The van der Waals surface area contributed by atoms with Gasteiger partial charge in [0.15, 0.2) is 5.75 Å². The summed E-state index contributed by atoms with van der Waals surface area (Å²) in [5.74, 6) is 0.0638. The lowest BCUT2D eigenvalue weighted by Gasteiger charge is -2.10. The summed E-state index contributed by atoms with van der Waals surface area (Å²) >= 11 is 12.9. The first-order chi connectivity index (χ1) is 14.9. The molecule has 4 rings (SSSR count). The average Bonchev–Trinajstić information content (AvgIpc) is 3.04. The Kier molecular flexibility index (Phi) is 6.46. The number of nitrogens with one attached hydrogen (secondary N) is 1. The number of carbonyl (C=O) groups excluding carboxylic acids is 2. The van der Waals surface area contributed by atoms with Gasteiger partial charge in [0.2, 0.25) is 0 Å². The molecule has 0 aliphatic carbocycles. The van der Waals surface area contributed by atoms with Gasteiger partial charge in [-0.2, -0.15) is 0 Å². The van der Waals surface area contributed by atoms with Crippen LogP contribution in [-0.4, -0.2) is 12.1 Å². The molecule has 0 spiro atoms. The van der Waals surface area contributed by atoms with Gasteiger partial charge < -0.3 is 14.8 Å². The molecule has 0 saturated carbocycles. The quantitative estimate of drug-likeness (QED) is 0.209. The minimum Gasteiger partial charge on any atom is -0.429 e. The van der Waals surface area contributed by atoms with Crippen LogP contribution in [0.25, 0.3) is 11.6 Å². The molecule has 1 amide bonds. The zero-order valence-electron chi connectivity index (χ0n) is 15.8. The molecule has 1 N–H and O–H groups in total. The van der Waals surface area contributed by atoms with Crippen molar-refractivity contribution < 1.29 is 19.1 Å². The predicted octanol–water partition coefficient (Wildman–Crippen LogP) is 7.07. The van der Waals surface area contributed by atoms with Gasteiger partial charge in [0, 0.05) is 21.8 Å². The van der Waals surface area contributed by atoms with Crippen LogP contribution in [-0.2, 0) is 16.1 Å². The summed E-state index contributed by atoms with van der Waals surface area (Å²) < 4.78 is 11.6. The molecule has 5 nitrogen and oxygen atoms in total. The maximum absolute atomic E-state index is 12.4. The minimum atomic E-state index is -0.824. The van der Waals surface area contributed by atoms with Crippen LogP contribution in [0, 0.1) is 0 Å². The SMILES string of the molecule is O=C(OCc1ccccc1)Oc1c(Br)cc(/C=C2\C(=O)Nc3ccc(Cl)cc32)cc1Br. The van der Waals surface area contributed by atoms with Crippen molar-refractivity contribution in [2.24, 2.45) is 0 Å². The van der Waals surface area contributed by atoms with E-state index in [1.54, 1.807) is 36.4 Å². The Labute approximate surface area is 200 Å². The van der Waals surface area contributed by atoms with Crippen LogP contribution in [0.4, 0.5) is 10.5 Å². The van der Waals surface area contributed by atoms with Crippen LogP contribution in [0.15, 0.2) is 69.6 Å². The van der Waals surface area contributed by atoms with Gasteiger partial charge in [-0.05, 0) is 79.4 Å². The smallest absolute Gasteiger partial charge is 0.429 e. The van der Waals surface area contributed by atoms with E-state index in [1.807, 2.05) is 30.3 Å². The number of benzene rings is 3. The van der Waals surface area contributed by atoms with E-state index in [9.17, 15) is 9.59 Å². The largest absolute Gasteiger partial charge is 0.514 e. The van der Waals surface area contributed by atoms with E-state index in [2.05, 4.69) is 37.2 Å². The lowest BCUT2D eigenvalue weighted by Crippen LogP contribution is -2.11. The molecule has 156 valence electrons. The first-order valence-electron chi connectivity index (χ1n) is 9.11. The highest BCUT2D eigenvalue weighted by atomic mass is 79.9. The second kappa shape index (κ2) is 9.26. The molecule has 0 aromatic heterocycles. The standard InChI is InChI=1S/C23H14Br2ClNO4/c24-18-9-14(8-17-16-11-15(26)6-7-20(16)27-22(17)28)10-19(25)21(18)31-23(29)30-12-13-4-2-1-3-5-13/h1-11H,12H2,(H,27,28)/b17-8-. The topological polar surface area (TPSA) is 64.6 Å². The zero-order valence-corrected chi connectivity index (χ0v) is 19.8. The lowest BCUT2D eigenvalue weighted by molar-refractivity contribution is -0.110. The maximum Gasteiger partial charge on any atom is 0.514 e. The summed E-state index contributed by atoms with van der Waals surface area (Å²) in [6, 6.07) is 18.0. The molecule has 0 fully saturated rings. The Hall–Kier alpha value is -2.61. The molecule has 1 aliphatic heterocycles. The number of halogens is 3. The number of rotatable bonds is 4. The average molecular weight is 564 g/mol. The Morgan fingerprint density at radius 1 is 1.03 bits per heavy atom. The number of fused-ring (bicyclic) bond motifs is 1. The Morgan fingerprint density at radius 2 is 1.74 bits per heavy atom. The zero-order chi connectivity index (χ0) is 22.0. The van der Waals surface area contributed by atoms with Crippen molar-refractivity contribution in [1.82, 2.24) is 0 Å². The molecule has 0 bridgehead atoms. The summed E-state index contributed by atoms with van der Waals surface area (Å²) in [6.45, 7) is 0.107. The number of hydrogen-bond acceptors (Lipinski definition) is 4. The van der Waals surface area contributed by atoms with E-state index in [0.717, 1.165) is 16.7 Å². The molecule has 1 heterocycles. The Bertz CT molecular complexity index is 1190. The second-order valence-corrected chi connectivity index (χ2v) is 8.79. The van der Waals surface area contributed by atoms with Crippen molar-refractivity contribution in [3.8, 4) is 5.75 Å². The summed E-state index contributed by atoms with van der Waals surface area (Å²) in [5, 5.41) is 3.36. The molecule has 3 aromatic rings. The van der Waals surface area contributed by atoms with E-state index in [4.69, 9.17) is 21.1 Å². The first-order valence-corrected chi connectivity index (χ1v) is 11.1. The predicted molar refractivity (Wildman–Crippen MR) is 127 cm³/mol. The molecular formula is C23H14Br2ClNO4. The van der Waals surface area contributed by atoms with Crippen molar-refractivity contribution in [2.45, 2.75) is 6.61 Å². The van der Waals surface area contributed by atoms with Crippen molar-refractivity contribution in [2.75, 3.05) is 5.32 Å². The summed E-state index contributed by atoms with van der Waals surface area (Å²) in [6.07, 6.45) is 0.917. The van der Waals surface area contributed by atoms with Crippen LogP contribution in [0.5, 0.6) is 5.75 Å². The van der Waals surface area contributed by atoms with Gasteiger partial charge in [0.1, 0.15) is 6.61 Å². The third kappa shape index (κ3) is 5.01. The van der Waals surface area contributed by atoms with E-state index < -0.39 is 6.16 Å². The number of anilines is 1. The fraction of sp³-hybridized carbons (Fsp3) is 0.0435. The van der Waals surface area contributed by atoms with E-state index in [1.165, 1.54) is 0 Å². The molecule has 0 saturated heterocycles. The van der Waals surface area contributed by atoms with Gasteiger partial charge in [-0.3, -0.25) is 4.79 Å². The molecule has 31 heavy (non-hydrogen) atoms. The second-order valence-electron chi connectivity index (χ2n) is 6.64. The van der Waals surface area contributed by atoms with E-state index >= 15 is 0 Å². The molecule has 0 unspecified atom stereocenters. The summed E-state index contributed by atoms with van der Waals surface area (Å²) in [4.78, 5) is 24.5. The van der Waals surface area contributed by atoms with Crippen molar-refractivity contribution in [3.05, 3.63) is 91.3 Å². The maximum atomic E-state index is 12.4. The monoisotopic (exact) mass is 561 g/mol. The normalized spacial score (nSPS) is 13.6. The first kappa shape index (κ1) is 21.6. The fourth-order valence-electron chi connectivity index (χ4n) is 3.06. The van der Waals surface area contributed by atoms with E-state index in [-0.39, 0.29) is 18.3 Å². The summed E-state index contributed by atoms with van der Waals surface area (Å²) in [5.41, 5.74) is 3.51. The Morgan fingerprint density at radius 3 is 2.45 bits per heavy atom. The van der Waals surface area contributed by atoms with Crippen LogP contribution >= 0.6 is 43.5 Å². The third-order valence-corrected chi connectivity index (χ3v) is 5.89. The van der Waals surface area contributed by atoms with Gasteiger partial charge in [-0.25, -0.2) is 4.79 Å². The Balaban J connectivity index is 1.53. The third-order valence-electron chi connectivity index (χ3n) is 4.48. The number of hydrogen-bond donors (Lipinski definition) is 1. The molecule has 8 heteroatoms. The lowest BCUT2D eigenvalue weighted by atomic mass is 10.0. The van der Waals surface area contributed by atoms with Crippen molar-refractivity contribution in [1.29, 1.82) is 0 Å². The van der Waals surface area contributed by atoms with Crippen LogP contribution < -0.4 is 10.1 Å². The fourth-order valence-corrected chi connectivity index (χ4v) is 4.62. The molecule has 1 aliphatic rings. The highest BCUT2D eigenvalue weighted by Crippen LogP contribution is 2.38. The van der Waals surface area contributed by atoms with Gasteiger partial charge in [-0.1, -0.05) is 41.9 Å².